The molecule has 4 N–H and O–H groups in total. The topological polar surface area (TPSA) is 114 Å². The van der Waals surface area contributed by atoms with Gasteiger partial charge in [-0.1, -0.05) is 11.6 Å². The van der Waals surface area contributed by atoms with E-state index in [1.54, 1.807) is 36.7 Å². The summed E-state index contributed by atoms with van der Waals surface area (Å²) in [5, 5.41) is 4.82. The Morgan fingerprint density at radius 1 is 1.10 bits per heavy atom. The van der Waals surface area contributed by atoms with E-state index in [4.69, 9.17) is 37.5 Å². The van der Waals surface area contributed by atoms with E-state index in [9.17, 15) is 0 Å². The van der Waals surface area contributed by atoms with Crippen LogP contribution in [0.25, 0.3) is 22.3 Å². The Morgan fingerprint density at radius 3 is 2.81 bits per heavy atom. The van der Waals surface area contributed by atoms with E-state index in [2.05, 4.69) is 10.1 Å². The lowest BCUT2D eigenvalue weighted by molar-refractivity contribution is -0.0394. The van der Waals surface area contributed by atoms with E-state index in [1.807, 2.05) is 16.9 Å². The first-order valence-corrected chi connectivity index (χ1v) is 10.4. The van der Waals surface area contributed by atoms with Gasteiger partial charge in [-0.05, 0) is 43.5 Å². The second-order valence-electron chi connectivity index (χ2n) is 7.42. The standard InChI is InChI=1S/C22H21ClN6O2/c23-21-19(31-14-4-5-15(24)16(25)9-14)7-6-17-22(21)28-18(11-26-17)13-10-27-29(12-13)20-3-1-2-8-30-20/h4-7,9-12,20H,1-3,8,24-25H2. The average molecular weight is 437 g/mol. The van der Waals surface area contributed by atoms with Crippen molar-refractivity contribution in [1.29, 1.82) is 0 Å². The van der Waals surface area contributed by atoms with Gasteiger partial charge in [0, 0.05) is 24.4 Å². The third-order valence-corrected chi connectivity index (χ3v) is 5.62. The van der Waals surface area contributed by atoms with Gasteiger partial charge in [0.1, 0.15) is 28.3 Å². The van der Waals surface area contributed by atoms with Gasteiger partial charge in [0.2, 0.25) is 0 Å². The molecule has 9 heteroatoms. The Bertz CT molecular complexity index is 1250. The first-order chi connectivity index (χ1) is 15.1. The SMILES string of the molecule is Nc1ccc(Oc2ccc3ncc(-c4cnn(C5CCCCO5)c4)nc3c2Cl)cc1N. The number of anilines is 2. The Kier molecular flexibility index (Phi) is 5.09. The van der Waals surface area contributed by atoms with Gasteiger partial charge in [-0.25, -0.2) is 9.67 Å². The number of nitrogens with two attached hydrogens (primary N) is 2. The summed E-state index contributed by atoms with van der Waals surface area (Å²) in [6.07, 6.45) is 8.54. The number of fused-ring (bicyclic) bond motifs is 1. The van der Waals surface area contributed by atoms with Crippen molar-refractivity contribution in [3.63, 3.8) is 0 Å². The summed E-state index contributed by atoms with van der Waals surface area (Å²) in [4.78, 5) is 9.23. The quantitative estimate of drug-likeness (QED) is 0.441. The van der Waals surface area contributed by atoms with Crippen molar-refractivity contribution in [2.24, 2.45) is 0 Å². The Balaban J connectivity index is 1.46. The molecule has 0 aliphatic carbocycles. The highest BCUT2D eigenvalue weighted by Gasteiger charge is 2.18. The maximum absolute atomic E-state index is 6.62. The number of aromatic nitrogens is 4. The van der Waals surface area contributed by atoms with Crippen LogP contribution in [0.1, 0.15) is 25.5 Å². The van der Waals surface area contributed by atoms with Gasteiger partial charge in [0.15, 0.2) is 0 Å². The minimum Gasteiger partial charge on any atom is -0.456 e. The molecule has 31 heavy (non-hydrogen) atoms. The maximum Gasteiger partial charge on any atom is 0.150 e. The molecule has 1 atom stereocenters. The van der Waals surface area contributed by atoms with Crippen LogP contribution in [0.4, 0.5) is 11.4 Å². The summed E-state index contributed by atoms with van der Waals surface area (Å²) in [5.74, 6) is 0.988. The van der Waals surface area contributed by atoms with Gasteiger partial charge in [-0.3, -0.25) is 4.98 Å². The van der Waals surface area contributed by atoms with Crippen LogP contribution >= 0.6 is 11.6 Å². The molecule has 1 fully saturated rings. The predicted octanol–water partition coefficient (Wildman–Crippen LogP) is 4.80. The lowest BCUT2D eigenvalue weighted by atomic mass is 10.2. The molecule has 158 valence electrons. The van der Waals surface area contributed by atoms with Gasteiger partial charge in [-0.15, -0.1) is 0 Å². The van der Waals surface area contributed by atoms with Crippen molar-refractivity contribution in [3.05, 3.63) is 53.9 Å². The highest BCUT2D eigenvalue weighted by Crippen LogP contribution is 2.36. The van der Waals surface area contributed by atoms with Crippen molar-refractivity contribution >= 4 is 34.0 Å². The first-order valence-electron chi connectivity index (χ1n) is 10.0. The van der Waals surface area contributed by atoms with Crippen molar-refractivity contribution < 1.29 is 9.47 Å². The second-order valence-corrected chi connectivity index (χ2v) is 7.80. The van der Waals surface area contributed by atoms with Gasteiger partial charge in [0.25, 0.3) is 0 Å². The number of halogens is 1. The summed E-state index contributed by atoms with van der Waals surface area (Å²) >= 11 is 6.62. The summed E-state index contributed by atoms with van der Waals surface area (Å²) in [5.41, 5.74) is 15.3. The monoisotopic (exact) mass is 436 g/mol. The third kappa shape index (κ3) is 3.87. The average Bonchev–Trinajstić information content (AvgIpc) is 3.29. The molecule has 1 aliphatic heterocycles. The van der Waals surface area contributed by atoms with Crippen LogP contribution in [0.15, 0.2) is 48.9 Å². The molecule has 0 bridgehead atoms. The zero-order valence-electron chi connectivity index (χ0n) is 16.7. The van der Waals surface area contributed by atoms with Crippen molar-refractivity contribution in [1.82, 2.24) is 19.7 Å². The molecule has 1 unspecified atom stereocenters. The van der Waals surface area contributed by atoms with Gasteiger partial charge in [0.05, 0.1) is 35.0 Å². The Hall–Kier alpha value is -3.36. The van der Waals surface area contributed by atoms with E-state index in [0.29, 0.717) is 44.6 Å². The van der Waals surface area contributed by atoms with Gasteiger partial charge in [-0.2, -0.15) is 5.10 Å². The van der Waals surface area contributed by atoms with Crippen molar-refractivity contribution in [2.75, 3.05) is 18.1 Å². The van der Waals surface area contributed by atoms with Gasteiger partial charge >= 0.3 is 0 Å². The normalized spacial score (nSPS) is 16.5. The van der Waals surface area contributed by atoms with Crippen LogP contribution in [0.3, 0.4) is 0 Å². The van der Waals surface area contributed by atoms with Crippen molar-refractivity contribution in [3.8, 4) is 22.8 Å². The number of rotatable bonds is 4. The second kappa shape index (κ2) is 8.05. The molecule has 0 amide bonds. The molecule has 2 aromatic heterocycles. The number of hydrogen-bond donors (Lipinski definition) is 2. The smallest absolute Gasteiger partial charge is 0.150 e. The van der Waals surface area contributed by atoms with Gasteiger partial charge < -0.3 is 20.9 Å². The summed E-state index contributed by atoms with van der Waals surface area (Å²) in [7, 11) is 0. The Morgan fingerprint density at radius 2 is 2.00 bits per heavy atom. The molecule has 2 aromatic carbocycles. The first kappa shape index (κ1) is 19.6. The van der Waals surface area contributed by atoms with Crippen LogP contribution in [0, 0.1) is 0 Å². The number of nitrogen functional groups attached to an aromatic ring is 2. The fraction of sp³-hybridized carbons (Fsp3) is 0.227. The maximum atomic E-state index is 6.62. The fourth-order valence-corrected chi connectivity index (χ4v) is 3.79. The predicted molar refractivity (Wildman–Crippen MR) is 120 cm³/mol. The number of benzene rings is 2. The highest BCUT2D eigenvalue weighted by atomic mass is 35.5. The molecule has 0 spiro atoms. The molecule has 0 saturated carbocycles. The number of hydrogen-bond acceptors (Lipinski definition) is 7. The molecule has 0 radical (unpaired) electrons. The molecule has 4 aromatic rings. The highest BCUT2D eigenvalue weighted by molar-refractivity contribution is 6.36. The van der Waals surface area contributed by atoms with E-state index in [-0.39, 0.29) is 6.23 Å². The lowest BCUT2D eigenvalue weighted by Gasteiger charge is -2.22. The Labute approximate surface area is 183 Å². The molecule has 3 heterocycles. The molecular weight excluding hydrogens is 416 g/mol. The zero-order valence-corrected chi connectivity index (χ0v) is 17.4. The van der Waals surface area contributed by atoms with Crippen LogP contribution in [0.2, 0.25) is 5.02 Å². The van der Waals surface area contributed by atoms with E-state index < -0.39 is 0 Å². The number of nitrogens with zero attached hydrogens (tertiary/aromatic N) is 4. The third-order valence-electron chi connectivity index (χ3n) is 5.25. The summed E-state index contributed by atoms with van der Waals surface area (Å²) < 4.78 is 13.6. The fourth-order valence-electron chi connectivity index (χ4n) is 3.55. The molecule has 1 aliphatic rings. The minimum absolute atomic E-state index is 0.0353. The van der Waals surface area contributed by atoms with Crippen LogP contribution in [0.5, 0.6) is 11.5 Å². The largest absolute Gasteiger partial charge is 0.456 e. The zero-order chi connectivity index (χ0) is 21.4. The van der Waals surface area contributed by atoms with Crippen LogP contribution < -0.4 is 16.2 Å². The van der Waals surface area contributed by atoms with Crippen molar-refractivity contribution in [2.45, 2.75) is 25.5 Å². The molecule has 5 rings (SSSR count). The minimum atomic E-state index is -0.0353. The molecule has 1 saturated heterocycles. The lowest BCUT2D eigenvalue weighted by Crippen LogP contribution is -2.18. The number of ether oxygens (including phenoxy) is 2. The van der Waals surface area contributed by atoms with E-state index in [0.717, 1.165) is 31.4 Å². The summed E-state index contributed by atoms with van der Waals surface area (Å²) in [6, 6.07) is 8.64. The van der Waals surface area contributed by atoms with Crippen LogP contribution in [-0.2, 0) is 4.74 Å². The molecular formula is C22H21ClN6O2. The van der Waals surface area contributed by atoms with E-state index >= 15 is 0 Å². The molecule has 8 nitrogen and oxygen atoms in total. The van der Waals surface area contributed by atoms with E-state index in [1.165, 1.54) is 0 Å². The summed E-state index contributed by atoms with van der Waals surface area (Å²) in [6.45, 7) is 0.758. The van der Waals surface area contributed by atoms with Crippen LogP contribution in [-0.4, -0.2) is 26.4 Å².